The molecule has 0 spiro atoms. The number of benzene rings is 1. The van der Waals surface area contributed by atoms with E-state index in [-0.39, 0.29) is 17.9 Å². The van der Waals surface area contributed by atoms with Crippen LogP contribution in [0.2, 0.25) is 0 Å². The molecule has 0 radical (unpaired) electrons. The lowest BCUT2D eigenvalue weighted by Crippen LogP contribution is -2.43. The van der Waals surface area contributed by atoms with Gasteiger partial charge in [0.2, 0.25) is 0 Å². The van der Waals surface area contributed by atoms with Crippen molar-refractivity contribution < 1.29 is 9.59 Å². The Kier molecular flexibility index (Phi) is 2.73. The summed E-state index contributed by atoms with van der Waals surface area (Å²) >= 11 is 0. The van der Waals surface area contributed by atoms with Crippen LogP contribution in [0.3, 0.4) is 0 Å². The van der Waals surface area contributed by atoms with Gasteiger partial charge in [-0.05, 0) is 43.2 Å². The molecule has 100 valence electrons. The van der Waals surface area contributed by atoms with Crippen molar-refractivity contribution in [1.82, 2.24) is 4.90 Å². The predicted octanol–water partition coefficient (Wildman–Crippen LogP) is 3.25. The van der Waals surface area contributed by atoms with Crippen molar-refractivity contribution in [3.8, 4) is 0 Å². The van der Waals surface area contributed by atoms with Crippen LogP contribution >= 0.6 is 0 Å². The Morgan fingerprint density at radius 1 is 1.00 bits per heavy atom. The van der Waals surface area contributed by atoms with Gasteiger partial charge in [0, 0.05) is 6.04 Å². The van der Waals surface area contributed by atoms with Crippen LogP contribution in [-0.2, 0) is 0 Å². The van der Waals surface area contributed by atoms with E-state index in [1.165, 1.54) is 4.90 Å². The van der Waals surface area contributed by atoms with Crippen LogP contribution in [0, 0.1) is 5.41 Å². The molecule has 1 aromatic carbocycles. The standard InChI is InChI=1S/C16H19NO2/c1-16(2)9-7-11(8-10-16)17-14(18)12-5-3-4-6-13(12)15(17)19/h3-6,11H,7-10H2,1-2H3. The predicted molar refractivity (Wildman–Crippen MR) is 73.0 cm³/mol. The van der Waals surface area contributed by atoms with E-state index < -0.39 is 0 Å². The fourth-order valence-corrected chi connectivity index (χ4v) is 3.18. The minimum Gasteiger partial charge on any atom is -0.271 e. The summed E-state index contributed by atoms with van der Waals surface area (Å²) in [4.78, 5) is 26.2. The molecule has 1 aromatic rings. The number of amides is 2. The molecular weight excluding hydrogens is 238 g/mol. The van der Waals surface area contributed by atoms with Crippen LogP contribution in [0.5, 0.6) is 0 Å². The fourth-order valence-electron chi connectivity index (χ4n) is 3.18. The molecule has 2 aliphatic rings. The van der Waals surface area contributed by atoms with Gasteiger partial charge in [-0.25, -0.2) is 0 Å². The highest BCUT2D eigenvalue weighted by atomic mass is 16.2. The molecule has 0 atom stereocenters. The molecule has 1 aliphatic carbocycles. The minimum atomic E-state index is -0.106. The first-order valence-electron chi connectivity index (χ1n) is 6.96. The van der Waals surface area contributed by atoms with Crippen molar-refractivity contribution in [3.05, 3.63) is 35.4 Å². The Labute approximate surface area is 113 Å². The molecule has 0 saturated heterocycles. The molecular formula is C16H19NO2. The monoisotopic (exact) mass is 257 g/mol. The second-order valence-electron chi connectivity index (χ2n) is 6.42. The van der Waals surface area contributed by atoms with Gasteiger partial charge in [-0.1, -0.05) is 26.0 Å². The van der Waals surface area contributed by atoms with Gasteiger partial charge in [-0.2, -0.15) is 0 Å². The zero-order chi connectivity index (χ0) is 13.6. The van der Waals surface area contributed by atoms with Gasteiger partial charge in [0.25, 0.3) is 11.8 Å². The summed E-state index contributed by atoms with van der Waals surface area (Å²) in [7, 11) is 0. The number of rotatable bonds is 1. The van der Waals surface area contributed by atoms with Crippen LogP contribution in [0.15, 0.2) is 24.3 Å². The zero-order valence-corrected chi connectivity index (χ0v) is 11.5. The number of hydrogen-bond acceptors (Lipinski definition) is 2. The van der Waals surface area contributed by atoms with Gasteiger partial charge >= 0.3 is 0 Å². The third-order valence-corrected chi connectivity index (χ3v) is 4.50. The average molecular weight is 257 g/mol. The SMILES string of the molecule is CC1(C)CCC(N2C(=O)c3ccccc3C2=O)CC1. The van der Waals surface area contributed by atoms with Crippen LogP contribution in [-0.4, -0.2) is 22.8 Å². The summed E-state index contributed by atoms with van der Waals surface area (Å²) in [6.45, 7) is 4.51. The highest BCUT2D eigenvalue weighted by molar-refractivity contribution is 6.21. The number of nitrogens with zero attached hydrogens (tertiary/aromatic N) is 1. The van der Waals surface area contributed by atoms with Crippen molar-refractivity contribution in [1.29, 1.82) is 0 Å². The molecule has 0 N–H and O–H groups in total. The summed E-state index contributed by atoms with van der Waals surface area (Å²) in [5, 5.41) is 0. The first-order chi connectivity index (χ1) is 8.99. The average Bonchev–Trinajstić information content (AvgIpc) is 2.64. The molecule has 0 bridgehead atoms. The molecule has 1 saturated carbocycles. The van der Waals surface area contributed by atoms with Crippen molar-refractivity contribution in [3.63, 3.8) is 0 Å². The number of carbonyl (C=O) groups excluding carboxylic acids is 2. The molecule has 3 rings (SSSR count). The third-order valence-electron chi connectivity index (χ3n) is 4.50. The van der Waals surface area contributed by atoms with Gasteiger partial charge in [0.1, 0.15) is 0 Å². The summed E-state index contributed by atoms with van der Waals surface area (Å²) < 4.78 is 0. The van der Waals surface area contributed by atoms with Crippen LogP contribution < -0.4 is 0 Å². The fraction of sp³-hybridized carbons (Fsp3) is 0.500. The molecule has 1 fully saturated rings. The van der Waals surface area contributed by atoms with Gasteiger partial charge in [-0.15, -0.1) is 0 Å². The molecule has 1 aliphatic heterocycles. The van der Waals surface area contributed by atoms with Crippen LogP contribution in [0.4, 0.5) is 0 Å². The van der Waals surface area contributed by atoms with Crippen molar-refractivity contribution in [2.45, 2.75) is 45.6 Å². The second-order valence-corrected chi connectivity index (χ2v) is 6.42. The van der Waals surface area contributed by atoms with Crippen molar-refractivity contribution in [2.75, 3.05) is 0 Å². The molecule has 0 unspecified atom stereocenters. The van der Waals surface area contributed by atoms with Crippen LogP contribution in [0.25, 0.3) is 0 Å². The van der Waals surface area contributed by atoms with E-state index in [4.69, 9.17) is 0 Å². The van der Waals surface area contributed by atoms with Crippen molar-refractivity contribution >= 4 is 11.8 Å². The summed E-state index contributed by atoms with van der Waals surface area (Å²) in [6.07, 6.45) is 4.01. The van der Waals surface area contributed by atoms with Gasteiger partial charge in [0.05, 0.1) is 11.1 Å². The lowest BCUT2D eigenvalue weighted by Gasteiger charge is -2.37. The Morgan fingerprint density at radius 3 is 1.95 bits per heavy atom. The Morgan fingerprint density at radius 2 is 1.47 bits per heavy atom. The smallest absolute Gasteiger partial charge is 0.261 e. The summed E-state index contributed by atoms with van der Waals surface area (Å²) in [6, 6.07) is 7.22. The molecule has 1 heterocycles. The highest BCUT2D eigenvalue weighted by Gasteiger charge is 2.41. The van der Waals surface area contributed by atoms with Gasteiger partial charge in [-0.3, -0.25) is 14.5 Å². The minimum absolute atomic E-state index is 0.0837. The number of fused-ring (bicyclic) bond motifs is 1. The maximum absolute atomic E-state index is 12.4. The number of imide groups is 1. The van der Waals surface area contributed by atoms with E-state index in [1.807, 2.05) is 12.1 Å². The number of hydrogen-bond donors (Lipinski definition) is 0. The Hall–Kier alpha value is -1.64. The lowest BCUT2D eigenvalue weighted by molar-refractivity contribution is 0.0495. The first kappa shape index (κ1) is 12.4. The molecule has 19 heavy (non-hydrogen) atoms. The van der Waals surface area contributed by atoms with E-state index in [0.29, 0.717) is 16.5 Å². The summed E-state index contributed by atoms with van der Waals surface area (Å²) in [5.41, 5.74) is 1.48. The second kappa shape index (κ2) is 4.19. The third kappa shape index (κ3) is 1.97. The van der Waals surface area contributed by atoms with E-state index in [1.54, 1.807) is 12.1 Å². The lowest BCUT2D eigenvalue weighted by atomic mass is 9.75. The normalized spacial score (nSPS) is 22.7. The maximum Gasteiger partial charge on any atom is 0.261 e. The van der Waals surface area contributed by atoms with Gasteiger partial charge < -0.3 is 0 Å². The van der Waals surface area contributed by atoms with Gasteiger partial charge in [0.15, 0.2) is 0 Å². The highest BCUT2D eigenvalue weighted by Crippen LogP contribution is 2.39. The maximum atomic E-state index is 12.4. The molecule has 3 heteroatoms. The summed E-state index contributed by atoms with van der Waals surface area (Å²) in [5.74, 6) is -0.212. The quantitative estimate of drug-likeness (QED) is 0.724. The van der Waals surface area contributed by atoms with E-state index >= 15 is 0 Å². The molecule has 0 aromatic heterocycles. The molecule has 3 nitrogen and oxygen atoms in total. The number of carbonyl (C=O) groups is 2. The van der Waals surface area contributed by atoms with E-state index in [2.05, 4.69) is 13.8 Å². The van der Waals surface area contributed by atoms with E-state index in [0.717, 1.165) is 25.7 Å². The van der Waals surface area contributed by atoms with E-state index in [9.17, 15) is 9.59 Å². The van der Waals surface area contributed by atoms with Crippen LogP contribution in [0.1, 0.15) is 60.2 Å². The molecule has 2 amide bonds. The van der Waals surface area contributed by atoms with Crippen molar-refractivity contribution in [2.24, 2.45) is 5.41 Å². The Balaban J connectivity index is 1.85. The first-order valence-corrected chi connectivity index (χ1v) is 6.96. The topological polar surface area (TPSA) is 37.4 Å². The Bertz CT molecular complexity index is 502. The largest absolute Gasteiger partial charge is 0.271 e. The zero-order valence-electron chi connectivity index (χ0n) is 11.5.